The lowest BCUT2D eigenvalue weighted by Gasteiger charge is -2.25. The molecule has 0 aromatic rings. The first-order valence-corrected chi connectivity index (χ1v) is 6.68. The molecule has 0 atom stereocenters. The monoisotopic (exact) mass is 293 g/mol. The van der Waals surface area contributed by atoms with E-state index in [2.05, 4.69) is 11.2 Å². The van der Waals surface area contributed by atoms with Crippen molar-refractivity contribution in [1.82, 2.24) is 10.7 Å². The Hall–Kier alpha value is -0.930. The van der Waals surface area contributed by atoms with Gasteiger partial charge in [0.2, 0.25) is 0 Å². The zero-order valence-electron chi connectivity index (χ0n) is 12.3. The summed E-state index contributed by atoms with van der Waals surface area (Å²) in [5.74, 6) is 4.31. The van der Waals surface area contributed by atoms with Gasteiger partial charge in [-0.05, 0) is 33.6 Å². The van der Waals surface area contributed by atoms with E-state index in [1.165, 1.54) is 24.7 Å². The van der Waals surface area contributed by atoms with Gasteiger partial charge in [-0.2, -0.15) is 5.43 Å². The molecule has 0 saturated heterocycles. The van der Waals surface area contributed by atoms with Gasteiger partial charge in [0.05, 0.1) is 0 Å². The van der Waals surface area contributed by atoms with Gasteiger partial charge in [0.1, 0.15) is 5.60 Å². The number of nitrogens with one attached hydrogen (secondary N) is 2. The maximum atomic E-state index is 11.4. The van der Waals surface area contributed by atoms with Crippen LogP contribution in [0.15, 0.2) is 0 Å². The third-order valence-corrected chi connectivity index (χ3v) is 2.52. The fraction of sp³-hybridized carbons (Fsp3) is 0.917. The number of hydrogen-bond acceptors (Lipinski definition) is 7. The van der Waals surface area contributed by atoms with Crippen LogP contribution in [0.25, 0.3) is 0 Å². The maximum Gasteiger partial charge on any atom is 0.407 e. The SMILES string of the molecule is CC(C)(C)OC(=O)NC1CCCCC1.NNC(O)(O)O. The van der Waals surface area contributed by atoms with Crippen LogP contribution in [0.5, 0.6) is 0 Å². The van der Waals surface area contributed by atoms with Gasteiger partial charge in [-0.15, -0.1) is 0 Å². The number of amides is 1. The molecule has 1 rings (SSSR count). The van der Waals surface area contributed by atoms with Crippen LogP contribution in [0.3, 0.4) is 0 Å². The molecule has 1 aliphatic rings. The third-order valence-electron chi connectivity index (χ3n) is 2.52. The molecule has 8 heteroatoms. The predicted octanol–water partition coefficient (Wildman–Crippen LogP) is -0.118. The van der Waals surface area contributed by atoms with Crippen molar-refractivity contribution in [2.45, 2.75) is 70.6 Å². The van der Waals surface area contributed by atoms with E-state index in [9.17, 15) is 4.79 Å². The lowest BCUT2D eigenvalue weighted by atomic mass is 9.96. The van der Waals surface area contributed by atoms with Crippen molar-refractivity contribution in [3.63, 3.8) is 0 Å². The van der Waals surface area contributed by atoms with Crippen molar-refractivity contribution in [2.24, 2.45) is 5.84 Å². The summed E-state index contributed by atoms with van der Waals surface area (Å²) >= 11 is 0. The van der Waals surface area contributed by atoms with Crippen molar-refractivity contribution in [3.05, 3.63) is 0 Å². The lowest BCUT2D eigenvalue weighted by Crippen LogP contribution is -2.48. The van der Waals surface area contributed by atoms with Gasteiger partial charge in [0, 0.05) is 6.04 Å². The molecule has 1 fully saturated rings. The third kappa shape index (κ3) is 12.1. The lowest BCUT2D eigenvalue weighted by molar-refractivity contribution is -0.331. The van der Waals surface area contributed by atoms with E-state index in [1.807, 2.05) is 20.8 Å². The molecule has 7 N–H and O–H groups in total. The smallest absolute Gasteiger partial charge is 0.407 e. The van der Waals surface area contributed by atoms with E-state index in [-0.39, 0.29) is 6.09 Å². The normalized spacial score (nSPS) is 16.9. The van der Waals surface area contributed by atoms with Gasteiger partial charge >= 0.3 is 12.2 Å². The van der Waals surface area contributed by atoms with Gasteiger partial charge in [-0.3, -0.25) is 5.84 Å². The van der Waals surface area contributed by atoms with E-state index in [0.29, 0.717) is 6.04 Å². The van der Waals surface area contributed by atoms with Gasteiger partial charge in [0.15, 0.2) is 0 Å². The van der Waals surface area contributed by atoms with Crippen LogP contribution in [0.4, 0.5) is 4.79 Å². The molecule has 8 nitrogen and oxygen atoms in total. The average Bonchev–Trinajstić information content (AvgIpc) is 2.27. The molecule has 20 heavy (non-hydrogen) atoms. The molecule has 120 valence electrons. The van der Waals surface area contributed by atoms with Crippen molar-refractivity contribution in [3.8, 4) is 0 Å². The van der Waals surface area contributed by atoms with Crippen LogP contribution in [0.1, 0.15) is 52.9 Å². The Morgan fingerprint density at radius 3 is 1.95 bits per heavy atom. The standard InChI is InChI=1S/C11H21NO2.CH6N2O3/c1-11(2,3)14-10(13)12-9-7-5-4-6-8-9;2-3-1(4,5)6/h9H,4-8H2,1-3H3,(H,12,13);3-6H,2H2. The van der Waals surface area contributed by atoms with E-state index >= 15 is 0 Å². The molecular formula is C12H27N3O5. The Kier molecular flexibility index (Phi) is 7.99. The largest absolute Gasteiger partial charge is 0.444 e. The fourth-order valence-electron chi connectivity index (χ4n) is 1.72. The number of alkyl carbamates (subject to hydrolysis) is 1. The molecule has 0 heterocycles. The van der Waals surface area contributed by atoms with Crippen LogP contribution in [-0.4, -0.2) is 39.2 Å². The number of carbonyl (C=O) groups is 1. The van der Waals surface area contributed by atoms with E-state index in [1.54, 1.807) is 0 Å². The molecule has 0 radical (unpaired) electrons. The number of nitrogens with two attached hydrogens (primary N) is 1. The molecule has 0 bridgehead atoms. The molecule has 0 spiro atoms. The summed E-state index contributed by atoms with van der Waals surface area (Å²) in [7, 11) is 0. The zero-order chi connectivity index (χ0) is 15.8. The molecule has 0 aromatic carbocycles. The molecule has 0 aliphatic heterocycles. The minimum absolute atomic E-state index is 0.274. The van der Waals surface area contributed by atoms with Gasteiger partial charge in [-0.1, -0.05) is 19.3 Å². The van der Waals surface area contributed by atoms with Crippen molar-refractivity contribution >= 4 is 6.09 Å². The highest BCUT2D eigenvalue weighted by Gasteiger charge is 2.20. The summed E-state index contributed by atoms with van der Waals surface area (Å²) in [4.78, 5) is 11.4. The summed E-state index contributed by atoms with van der Waals surface area (Å²) in [6.45, 7) is 5.65. The maximum absolute atomic E-state index is 11.4. The highest BCUT2D eigenvalue weighted by molar-refractivity contribution is 5.68. The summed E-state index contributed by atoms with van der Waals surface area (Å²) in [5, 5.41) is 26.0. The zero-order valence-corrected chi connectivity index (χ0v) is 12.3. The topological polar surface area (TPSA) is 137 Å². The quantitative estimate of drug-likeness (QED) is 0.237. The first-order chi connectivity index (χ1) is 9.03. The second kappa shape index (κ2) is 8.38. The second-order valence-electron chi connectivity index (χ2n) is 5.76. The first kappa shape index (κ1) is 19.1. The van der Waals surface area contributed by atoms with Crippen molar-refractivity contribution in [1.29, 1.82) is 0 Å². The number of rotatable bonds is 2. The van der Waals surface area contributed by atoms with E-state index in [4.69, 9.17) is 20.1 Å². The van der Waals surface area contributed by atoms with Gasteiger partial charge in [-0.25, -0.2) is 4.79 Å². The Balaban J connectivity index is 0.000000511. The Labute approximate surface area is 119 Å². The number of aliphatic hydroxyl groups is 3. The van der Waals surface area contributed by atoms with Crippen LogP contribution in [-0.2, 0) is 4.74 Å². The Morgan fingerprint density at radius 2 is 1.60 bits per heavy atom. The van der Waals surface area contributed by atoms with E-state index in [0.717, 1.165) is 12.8 Å². The highest BCUT2D eigenvalue weighted by atomic mass is 16.7. The summed E-state index contributed by atoms with van der Waals surface area (Å²) in [6.07, 6.45) is 2.73. The van der Waals surface area contributed by atoms with Gasteiger partial charge < -0.3 is 25.4 Å². The minimum atomic E-state index is -2.93. The van der Waals surface area contributed by atoms with Crippen LogP contribution >= 0.6 is 0 Å². The van der Waals surface area contributed by atoms with Crippen molar-refractivity contribution < 1.29 is 24.9 Å². The first-order valence-electron chi connectivity index (χ1n) is 6.68. The minimum Gasteiger partial charge on any atom is -0.444 e. The number of hydrogen-bond donors (Lipinski definition) is 6. The second-order valence-corrected chi connectivity index (χ2v) is 5.76. The molecule has 1 amide bonds. The van der Waals surface area contributed by atoms with Crippen LogP contribution in [0, 0.1) is 0 Å². The molecule has 1 saturated carbocycles. The average molecular weight is 293 g/mol. The molecule has 0 aromatic heterocycles. The summed E-state index contributed by atoms with van der Waals surface area (Å²) < 4.78 is 5.19. The molecule has 0 unspecified atom stereocenters. The molecule has 1 aliphatic carbocycles. The fourth-order valence-corrected chi connectivity index (χ4v) is 1.72. The highest BCUT2D eigenvalue weighted by Crippen LogP contribution is 2.18. The summed E-state index contributed by atoms with van der Waals surface area (Å²) in [5.41, 5.74) is 0.881. The Morgan fingerprint density at radius 1 is 1.15 bits per heavy atom. The van der Waals surface area contributed by atoms with Gasteiger partial charge in [0.25, 0.3) is 0 Å². The number of carbonyl (C=O) groups excluding carboxylic acids is 1. The summed E-state index contributed by atoms with van der Waals surface area (Å²) in [6, 6.07) is 0.332. The van der Waals surface area contributed by atoms with Crippen molar-refractivity contribution in [2.75, 3.05) is 0 Å². The van der Waals surface area contributed by atoms with Crippen LogP contribution in [0.2, 0.25) is 0 Å². The van der Waals surface area contributed by atoms with Crippen LogP contribution < -0.4 is 16.6 Å². The Bertz CT molecular complexity index is 280. The molecular weight excluding hydrogens is 266 g/mol. The predicted molar refractivity (Wildman–Crippen MR) is 73.0 cm³/mol. The van der Waals surface area contributed by atoms with E-state index < -0.39 is 11.7 Å². The number of ether oxygens (including phenoxy) is 1. The number of hydrazine groups is 1.